The second kappa shape index (κ2) is 8.08. The van der Waals surface area contributed by atoms with Crippen LogP contribution in [0.2, 0.25) is 5.02 Å². The number of hydrogen-bond donors (Lipinski definition) is 2. The minimum atomic E-state index is -1.05. The van der Waals surface area contributed by atoms with E-state index in [-0.39, 0.29) is 6.04 Å². The summed E-state index contributed by atoms with van der Waals surface area (Å²) in [7, 11) is 0. The molecule has 8 nitrogen and oxygen atoms in total. The zero-order valence-corrected chi connectivity index (χ0v) is 17.4. The lowest BCUT2D eigenvalue weighted by Crippen LogP contribution is -2.13. The van der Waals surface area contributed by atoms with Crippen molar-refractivity contribution in [1.82, 2.24) is 19.7 Å². The quantitative estimate of drug-likeness (QED) is 0.588. The number of nitrogen functional groups attached to an aromatic ring is 1. The van der Waals surface area contributed by atoms with Crippen LogP contribution in [-0.2, 0) is 4.79 Å². The standard InChI is InChI=1S/C20H22ClN5O3/c1-5-29-18-13(6-7-16(27)28)10(2)15(21)8-14(18)12(4)26-20-17(11(3)25-26)19(22)23-9-24-20/h6-9,12H,5H2,1-4H3,(H,27,28)(H2,22,23,24). The van der Waals surface area contributed by atoms with Crippen molar-refractivity contribution in [2.24, 2.45) is 0 Å². The van der Waals surface area contributed by atoms with Gasteiger partial charge in [0, 0.05) is 22.2 Å². The van der Waals surface area contributed by atoms with Crippen LogP contribution in [0.4, 0.5) is 5.82 Å². The van der Waals surface area contributed by atoms with E-state index in [4.69, 9.17) is 27.2 Å². The number of aryl methyl sites for hydroxylation is 1. The molecule has 1 unspecified atom stereocenters. The molecule has 2 aromatic heterocycles. The molecule has 29 heavy (non-hydrogen) atoms. The summed E-state index contributed by atoms with van der Waals surface area (Å²) in [4.78, 5) is 19.5. The van der Waals surface area contributed by atoms with Crippen LogP contribution in [0, 0.1) is 13.8 Å². The fraction of sp³-hybridized carbons (Fsp3) is 0.300. The third kappa shape index (κ3) is 3.75. The van der Waals surface area contributed by atoms with Gasteiger partial charge in [-0.2, -0.15) is 5.10 Å². The van der Waals surface area contributed by atoms with Crippen LogP contribution in [-0.4, -0.2) is 37.4 Å². The van der Waals surface area contributed by atoms with Gasteiger partial charge < -0.3 is 15.6 Å². The third-order valence-electron chi connectivity index (χ3n) is 4.74. The number of carboxylic acid groups (broad SMARTS) is 1. The molecule has 0 saturated carbocycles. The van der Waals surface area contributed by atoms with Crippen molar-refractivity contribution < 1.29 is 14.6 Å². The van der Waals surface area contributed by atoms with Gasteiger partial charge >= 0.3 is 5.97 Å². The van der Waals surface area contributed by atoms with Crippen molar-refractivity contribution in [3.05, 3.63) is 45.9 Å². The van der Waals surface area contributed by atoms with E-state index in [2.05, 4.69) is 15.1 Å². The Morgan fingerprint density at radius 3 is 2.79 bits per heavy atom. The predicted molar refractivity (Wildman–Crippen MR) is 112 cm³/mol. The van der Waals surface area contributed by atoms with Crippen molar-refractivity contribution in [1.29, 1.82) is 0 Å². The molecule has 0 aliphatic rings. The summed E-state index contributed by atoms with van der Waals surface area (Å²) in [6, 6.07) is 1.51. The Kier molecular flexibility index (Phi) is 5.74. The number of aliphatic carboxylic acids is 1. The Balaban J connectivity index is 2.25. The summed E-state index contributed by atoms with van der Waals surface area (Å²) in [6.07, 6.45) is 3.96. The summed E-state index contributed by atoms with van der Waals surface area (Å²) < 4.78 is 7.67. The number of nitrogens with zero attached hydrogens (tertiary/aromatic N) is 4. The SMILES string of the molecule is CCOc1c(C(C)n2nc(C)c3c(N)ncnc32)cc(Cl)c(C)c1C=CC(=O)O. The summed E-state index contributed by atoms with van der Waals surface area (Å²) in [5.74, 6) is -0.131. The molecule has 3 rings (SSSR count). The molecule has 1 aromatic carbocycles. The molecule has 2 heterocycles. The molecule has 0 spiro atoms. The minimum absolute atomic E-state index is 0.308. The maximum atomic E-state index is 11.1. The predicted octanol–water partition coefficient (Wildman–Crippen LogP) is 3.78. The fourth-order valence-corrected chi connectivity index (χ4v) is 3.53. The van der Waals surface area contributed by atoms with Crippen molar-refractivity contribution in [3.63, 3.8) is 0 Å². The Bertz CT molecular complexity index is 1120. The Labute approximate surface area is 173 Å². The smallest absolute Gasteiger partial charge is 0.328 e. The van der Waals surface area contributed by atoms with Crippen LogP contribution >= 0.6 is 11.6 Å². The van der Waals surface area contributed by atoms with Gasteiger partial charge in [-0.15, -0.1) is 0 Å². The van der Waals surface area contributed by atoms with E-state index in [0.717, 1.165) is 17.2 Å². The van der Waals surface area contributed by atoms with E-state index in [1.165, 1.54) is 12.4 Å². The molecule has 3 aromatic rings. The second-order valence-electron chi connectivity index (χ2n) is 6.58. The van der Waals surface area contributed by atoms with E-state index < -0.39 is 5.97 Å². The molecule has 0 fully saturated rings. The number of carbonyl (C=O) groups is 1. The van der Waals surface area contributed by atoms with Gasteiger partial charge in [-0.05, 0) is 45.4 Å². The first kappa shape index (κ1) is 20.6. The maximum absolute atomic E-state index is 11.1. The average Bonchev–Trinajstić information content (AvgIpc) is 3.01. The van der Waals surface area contributed by atoms with Crippen LogP contribution in [0.15, 0.2) is 18.5 Å². The molecule has 0 amide bonds. The minimum Gasteiger partial charge on any atom is -0.493 e. The average molecular weight is 416 g/mol. The summed E-state index contributed by atoms with van der Waals surface area (Å²) in [6.45, 7) is 7.88. The number of anilines is 1. The van der Waals surface area contributed by atoms with Crippen molar-refractivity contribution in [3.8, 4) is 5.75 Å². The maximum Gasteiger partial charge on any atom is 0.328 e. The Morgan fingerprint density at radius 2 is 2.14 bits per heavy atom. The highest BCUT2D eigenvalue weighted by Gasteiger charge is 2.24. The number of aromatic nitrogens is 4. The number of hydrogen-bond acceptors (Lipinski definition) is 6. The monoisotopic (exact) mass is 415 g/mol. The number of benzene rings is 1. The van der Waals surface area contributed by atoms with Gasteiger partial charge in [0.05, 0.1) is 23.7 Å². The van der Waals surface area contributed by atoms with Crippen LogP contribution in [0.3, 0.4) is 0 Å². The summed E-state index contributed by atoms with van der Waals surface area (Å²) in [5, 5.41) is 14.9. The van der Waals surface area contributed by atoms with E-state index in [0.29, 0.717) is 45.5 Å². The van der Waals surface area contributed by atoms with Crippen LogP contribution in [0.5, 0.6) is 5.75 Å². The first-order valence-corrected chi connectivity index (χ1v) is 9.46. The van der Waals surface area contributed by atoms with Crippen molar-refractivity contribution in [2.45, 2.75) is 33.7 Å². The lowest BCUT2D eigenvalue weighted by Gasteiger charge is -2.21. The normalized spacial score (nSPS) is 12.6. The topological polar surface area (TPSA) is 116 Å². The lowest BCUT2D eigenvalue weighted by molar-refractivity contribution is -0.131. The zero-order valence-electron chi connectivity index (χ0n) is 16.6. The Morgan fingerprint density at radius 1 is 1.41 bits per heavy atom. The molecular weight excluding hydrogens is 394 g/mol. The highest BCUT2D eigenvalue weighted by molar-refractivity contribution is 6.31. The number of halogens is 1. The molecule has 3 N–H and O–H groups in total. The third-order valence-corrected chi connectivity index (χ3v) is 5.14. The highest BCUT2D eigenvalue weighted by atomic mass is 35.5. The molecule has 1 atom stereocenters. The zero-order chi connectivity index (χ0) is 21.3. The number of fused-ring (bicyclic) bond motifs is 1. The molecule has 0 aliphatic heterocycles. The van der Waals surface area contributed by atoms with Crippen LogP contribution in [0.1, 0.15) is 42.3 Å². The van der Waals surface area contributed by atoms with Gasteiger partial charge in [0.2, 0.25) is 0 Å². The number of carboxylic acids is 1. The molecule has 152 valence electrons. The molecule has 0 bridgehead atoms. The van der Waals surface area contributed by atoms with Crippen LogP contribution in [0.25, 0.3) is 17.1 Å². The fourth-order valence-electron chi connectivity index (χ4n) is 3.31. The molecule has 9 heteroatoms. The van der Waals surface area contributed by atoms with Gasteiger partial charge in [-0.25, -0.2) is 19.4 Å². The number of ether oxygens (including phenoxy) is 1. The lowest BCUT2D eigenvalue weighted by atomic mass is 9.98. The van der Waals surface area contributed by atoms with Gasteiger partial charge in [-0.3, -0.25) is 0 Å². The molecule has 0 saturated heterocycles. The summed E-state index contributed by atoms with van der Waals surface area (Å²) >= 11 is 6.47. The van der Waals surface area contributed by atoms with E-state index >= 15 is 0 Å². The second-order valence-corrected chi connectivity index (χ2v) is 6.99. The Hall–Kier alpha value is -3.13. The molecule has 0 radical (unpaired) electrons. The van der Waals surface area contributed by atoms with Crippen molar-refractivity contribution >= 4 is 40.5 Å². The van der Waals surface area contributed by atoms with E-state index in [1.807, 2.05) is 33.8 Å². The highest BCUT2D eigenvalue weighted by Crippen LogP contribution is 2.39. The van der Waals surface area contributed by atoms with Crippen LogP contribution < -0.4 is 10.5 Å². The molecule has 0 aliphatic carbocycles. The number of nitrogens with two attached hydrogens (primary N) is 1. The van der Waals surface area contributed by atoms with Gasteiger partial charge in [0.15, 0.2) is 5.65 Å². The van der Waals surface area contributed by atoms with E-state index in [9.17, 15) is 4.79 Å². The molecular formula is C20H22ClN5O3. The van der Waals surface area contributed by atoms with E-state index in [1.54, 1.807) is 4.68 Å². The first-order valence-electron chi connectivity index (χ1n) is 9.08. The van der Waals surface area contributed by atoms with Gasteiger partial charge in [-0.1, -0.05) is 11.6 Å². The first-order chi connectivity index (χ1) is 13.8. The van der Waals surface area contributed by atoms with Gasteiger partial charge in [0.25, 0.3) is 0 Å². The number of rotatable bonds is 6. The van der Waals surface area contributed by atoms with Gasteiger partial charge in [0.1, 0.15) is 17.9 Å². The summed E-state index contributed by atoms with van der Waals surface area (Å²) in [5.41, 5.74) is 9.43. The van der Waals surface area contributed by atoms with Crippen molar-refractivity contribution in [2.75, 3.05) is 12.3 Å². The largest absolute Gasteiger partial charge is 0.493 e.